The molecule has 1 aromatic carbocycles. The van der Waals surface area contributed by atoms with Gasteiger partial charge in [-0.25, -0.2) is 15.0 Å². The number of fused-ring (bicyclic) bond motifs is 1. The van der Waals surface area contributed by atoms with Crippen molar-refractivity contribution in [3.8, 4) is 6.07 Å². The topological polar surface area (TPSA) is 111 Å². The molecular weight excluding hydrogens is 406 g/mol. The van der Waals surface area contributed by atoms with E-state index < -0.39 is 5.92 Å². The van der Waals surface area contributed by atoms with Gasteiger partial charge < -0.3 is 14.6 Å². The fourth-order valence-electron chi connectivity index (χ4n) is 3.80. The zero-order valence-corrected chi connectivity index (χ0v) is 18.4. The van der Waals surface area contributed by atoms with Crippen LogP contribution in [0.1, 0.15) is 30.3 Å². The lowest BCUT2D eigenvalue weighted by Gasteiger charge is -2.32. The van der Waals surface area contributed by atoms with Crippen molar-refractivity contribution in [2.75, 3.05) is 45.6 Å². The normalized spacial score (nSPS) is 15.9. The first kappa shape index (κ1) is 21.7. The molecule has 4 rings (SSSR count). The van der Waals surface area contributed by atoms with Crippen LogP contribution in [-0.4, -0.2) is 70.9 Å². The summed E-state index contributed by atoms with van der Waals surface area (Å²) in [6.45, 7) is 3.03. The maximum atomic E-state index is 11.9. The summed E-state index contributed by atoms with van der Waals surface area (Å²) >= 11 is 0. The van der Waals surface area contributed by atoms with E-state index in [1.54, 1.807) is 31.3 Å². The van der Waals surface area contributed by atoms with Gasteiger partial charge in [0.25, 0.3) is 0 Å². The summed E-state index contributed by atoms with van der Waals surface area (Å²) in [6, 6.07) is 11.4. The molecule has 0 saturated carbocycles. The summed E-state index contributed by atoms with van der Waals surface area (Å²) in [5.41, 5.74) is 1.91. The summed E-state index contributed by atoms with van der Waals surface area (Å²) in [5.74, 6) is 0.736. The minimum absolute atomic E-state index is 0.137. The lowest BCUT2D eigenvalue weighted by molar-refractivity contribution is -0.130. The monoisotopic (exact) mass is 433 g/mol. The molecule has 1 aliphatic rings. The zero-order chi connectivity index (χ0) is 22.5. The molecule has 9 nitrogen and oxygen atoms in total. The van der Waals surface area contributed by atoms with Gasteiger partial charge >= 0.3 is 0 Å². The Bertz CT molecular complexity index is 1080. The van der Waals surface area contributed by atoms with Crippen molar-refractivity contribution in [3.05, 3.63) is 48.1 Å². The van der Waals surface area contributed by atoms with Gasteiger partial charge in [0.15, 0.2) is 11.5 Å². The van der Waals surface area contributed by atoms with Crippen molar-refractivity contribution < 1.29 is 9.21 Å². The molecule has 32 heavy (non-hydrogen) atoms. The molecule has 1 fully saturated rings. The standard InChI is InChI=1S/C23H27N7O2/c1-29(2)21(31)15-30-11-8-16(9-12-30)14-26-23-25-10-7-18(28-23)17(13-24)22-27-19-5-3-4-6-20(19)32-22/h3-7,10,16-17H,8-9,11-12,14-15H2,1-2H3,(H,25,26,28). The van der Waals surface area contributed by atoms with Gasteiger partial charge in [0.2, 0.25) is 17.7 Å². The van der Waals surface area contributed by atoms with Crippen molar-refractivity contribution in [1.29, 1.82) is 5.26 Å². The maximum Gasteiger partial charge on any atom is 0.236 e. The molecule has 1 atom stereocenters. The van der Waals surface area contributed by atoms with Crippen LogP contribution in [0.15, 0.2) is 40.9 Å². The average Bonchev–Trinajstić information content (AvgIpc) is 3.23. The second-order valence-corrected chi connectivity index (χ2v) is 8.28. The van der Waals surface area contributed by atoms with Gasteiger partial charge in [-0.3, -0.25) is 9.69 Å². The van der Waals surface area contributed by atoms with E-state index in [9.17, 15) is 10.1 Å². The third-order valence-electron chi connectivity index (χ3n) is 5.77. The number of anilines is 1. The molecule has 166 valence electrons. The van der Waals surface area contributed by atoms with Crippen molar-refractivity contribution in [2.24, 2.45) is 5.92 Å². The minimum Gasteiger partial charge on any atom is -0.439 e. The summed E-state index contributed by atoms with van der Waals surface area (Å²) in [4.78, 5) is 29.0. The van der Waals surface area contributed by atoms with E-state index in [1.807, 2.05) is 24.3 Å². The van der Waals surface area contributed by atoms with Crippen LogP contribution in [0.2, 0.25) is 0 Å². The first-order valence-corrected chi connectivity index (χ1v) is 10.8. The molecule has 2 aromatic heterocycles. The second kappa shape index (κ2) is 9.75. The molecule has 0 radical (unpaired) electrons. The summed E-state index contributed by atoms with van der Waals surface area (Å²) in [6.07, 6.45) is 3.67. The predicted molar refractivity (Wildman–Crippen MR) is 120 cm³/mol. The third-order valence-corrected chi connectivity index (χ3v) is 5.77. The largest absolute Gasteiger partial charge is 0.439 e. The van der Waals surface area contributed by atoms with Crippen LogP contribution in [-0.2, 0) is 4.79 Å². The summed E-state index contributed by atoms with van der Waals surface area (Å²) in [7, 11) is 3.57. The summed E-state index contributed by atoms with van der Waals surface area (Å²) in [5, 5.41) is 13.1. The number of aromatic nitrogens is 3. The highest BCUT2D eigenvalue weighted by Gasteiger charge is 2.23. The van der Waals surface area contributed by atoms with E-state index in [0.29, 0.717) is 41.1 Å². The van der Waals surface area contributed by atoms with E-state index in [2.05, 4.69) is 31.2 Å². The molecule has 1 N–H and O–H groups in total. The van der Waals surface area contributed by atoms with Crippen LogP contribution in [0.5, 0.6) is 0 Å². The Balaban J connectivity index is 1.35. The number of oxazole rings is 1. The Hall–Kier alpha value is -3.51. The number of hydrogen-bond acceptors (Lipinski definition) is 8. The number of nitrogens with one attached hydrogen (secondary N) is 1. The van der Waals surface area contributed by atoms with Gasteiger partial charge in [0.1, 0.15) is 5.52 Å². The first-order valence-electron chi connectivity index (χ1n) is 10.8. The van der Waals surface area contributed by atoms with E-state index in [4.69, 9.17) is 4.42 Å². The van der Waals surface area contributed by atoms with Gasteiger partial charge in [-0.1, -0.05) is 12.1 Å². The number of hydrogen-bond donors (Lipinski definition) is 1. The fourth-order valence-corrected chi connectivity index (χ4v) is 3.80. The average molecular weight is 434 g/mol. The number of carbonyl (C=O) groups excluding carboxylic acids is 1. The minimum atomic E-state index is -0.705. The number of rotatable bonds is 7. The molecule has 1 amide bonds. The lowest BCUT2D eigenvalue weighted by atomic mass is 9.97. The molecule has 1 aliphatic heterocycles. The predicted octanol–water partition coefficient (Wildman–Crippen LogP) is 2.49. The van der Waals surface area contributed by atoms with Gasteiger partial charge in [0, 0.05) is 26.8 Å². The number of para-hydroxylation sites is 2. The van der Waals surface area contributed by atoms with Gasteiger partial charge in [-0.15, -0.1) is 0 Å². The molecule has 9 heteroatoms. The second-order valence-electron chi connectivity index (χ2n) is 8.28. The van der Waals surface area contributed by atoms with E-state index in [1.165, 1.54) is 0 Å². The van der Waals surface area contributed by atoms with Crippen LogP contribution >= 0.6 is 0 Å². The van der Waals surface area contributed by atoms with E-state index in [-0.39, 0.29) is 5.91 Å². The molecular formula is C23H27N7O2. The SMILES string of the molecule is CN(C)C(=O)CN1CCC(CNc2nccc(C(C#N)c3nc4ccccc4o3)n2)CC1. The number of nitrogens with zero attached hydrogens (tertiary/aromatic N) is 6. The number of likely N-dealkylation sites (N-methyl/N-ethyl adjacent to an activating group) is 1. The Labute approximate surface area is 187 Å². The molecule has 1 saturated heterocycles. The number of carbonyl (C=O) groups is 1. The van der Waals surface area contributed by atoms with Crippen LogP contribution in [0.3, 0.4) is 0 Å². The van der Waals surface area contributed by atoms with Crippen molar-refractivity contribution >= 4 is 23.0 Å². The van der Waals surface area contributed by atoms with Crippen molar-refractivity contribution in [3.63, 3.8) is 0 Å². The molecule has 3 aromatic rings. The molecule has 1 unspecified atom stereocenters. The lowest BCUT2D eigenvalue weighted by Crippen LogP contribution is -2.42. The summed E-state index contributed by atoms with van der Waals surface area (Å²) < 4.78 is 5.78. The van der Waals surface area contributed by atoms with Gasteiger partial charge in [0.05, 0.1) is 18.3 Å². The van der Waals surface area contributed by atoms with Crippen LogP contribution < -0.4 is 5.32 Å². The number of likely N-dealkylation sites (tertiary alicyclic amines) is 1. The molecule has 0 aliphatic carbocycles. The molecule has 0 bridgehead atoms. The fraction of sp³-hybridized carbons (Fsp3) is 0.435. The zero-order valence-electron chi connectivity index (χ0n) is 18.4. The van der Waals surface area contributed by atoms with Crippen LogP contribution in [0.4, 0.5) is 5.95 Å². The quantitative estimate of drug-likeness (QED) is 0.605. The Morgan fingerprint density at radius 3 is 2.78 bits per heavy atom. The van der Waals surface area contributed by atoms with E-state index >= 15 is 0 Å². The number of nitriles is 1. The first-order chi connectivity index (χ1) is 15.5. The number of amides is 1. The molecule has 3 heterocycles. The molecule has 0 spiro atoms. The smallest absolute Gasteiger partial charge is 0.236 e. The Kier molecular flexibility index (Phi) is 6.61. The van der Waals surface area contributed by atoms with Crippen LogP contribution in [0.25, 0.3) is 11.1 Å². The Morgan fingerprint density at radius 2 is 2.06 bits per heavy atom. The highest BCUT2D eigenvalue weighted by atomic mass is 16.3. The van der Waals surface area contributed by atoms with Gasteiger partial charge in [-0.2, -0.15) is 5.26 Å². The van der Waals surface area contributed by atoms with Crippen LogP contribution in [0, 0.1) is 17.2 Å². The van der Waals surface area contributed by atoms with Crippen molar-refractivity contribution in [2.45, 2.75) is 18.8 Å². The highest BCUT2D eigenvalue weighted by Crippen LogP contribution is 2.26. The van der Waals surface area contributed by atoms with Crippen molar-refractivity contribution in [1.82, 2.24) is 24.8 Å². The highest BCUT2D eigenvalue weighted by molar-refractivity contribution is 5.77. The maximum absolute atomic E-state index is 11.9. The third kappa shape index (κ3) is 5.03. The number of piperidine rings is 1. The van der Waals surface area contributed by atoms with Gasteiger partial charge in [-0.05, 0) is 50.0 Å². The number of benzene rings is 1. The van der Waals surface area contributed by atoms with E-state index in [0.717, 1.165) is 32.5 Å². The Morgan fingerprint density at radius 1 is 1.28 bits per heavy atom.